The van der Waals surface area contributed by atoms with Crippen molar-refractivity contribution in [1.82, 2.24) is 58.5 Å². The standard InChI is InChI=1S/C78H120ClN11O22/c1-43(2)36-58-67(100)86-56(29-34-83-73(106)111-77(13,14)15)61(95)41-49(27-32-81-71(104)109-75(7,8)9)64(97)90-62(46(6)92)69(102)80-31-26-48(63(96)87-57(30-35-84-74(107)112-78(16,17)18)66(99)89-59(68(101)88-58)37-47-22-20-19-21-23-47)40-60(94)55(28-33-82-72(105)110-76(10,11)12)85-65(98)53(45(5)91)42-52(93)39-51-38-50(24-25-54(51)79)70(103)108-44(3)4/h19-25,38,43-46,48-49,53,55-59,62,91-92H,26-37,39-42H2,1-18H3,(H,80,102)(H,81,104)(H,82,105)(H,83,106)(H,84,107)(H,85,98)(H,86,100)(H,87,96)(H,88,101)(H,89,99)(H,90,97)/t45-,46+,48+,49+,53-,55-,56-,57-,58-,59+,62-/m0/s1. The van der Waals surface area contributed by atoms with Crippen LogP contribution in [0.2, 0.25) is 5.02 Å². The number of amides is 11. The first-order valence-electron chi connectivity index (χ1n) is 37.8. The molecule has 0 radical (unpaired) electrons. The monoisotopic (exact) mass is 1600 g/mol. The van der Waals surface area contributed by atoms with Gasteiger partial charge in [-0.2, -0.15) is 0 Å². The Morgan fingerprint density at radius 3 is 1.54 bits per heavy atom. The van der Waals surface area contributed by atoms with E-state index in [0.717, 1.165) is 6.92 Å². The summed E-state index contributed by atoms with van der Waals surface area (Å²) < 4.78 is 26.9. The van der Waals surface area contributed by atoms with Crippen molar-refractivity contribution >= 4 is 101 Å². The first kappa shape index (κ1) is 96.7. The molecule has 34 heteroatoms. The third-order valence-electron chi connectivity index (χ3n) is 16.6. The zero-order valence-electron chi connectivity index (χ0n) is 67.9. The Morgan fingerprint density at radius 2 is 1.03 bits per heavy atom. The van der Waals surface area contributed by atoms with Crippen molar-refractivity contribution in [3.63, 3.8) is 0 Å². The Kier molecular flexibility index (Phi) is 39.1. The Hall–Kier alpha value is -9.50. The van der Waals surface area contributed by atoms with Crippen LogP contribution in [0.15, 0.2) is 48.5 Å². The number of aliphatic hydroxyl groups is 2. The molecule has 11 amide bonds. The van der Waals surface area contributed by atoms with Crippen LogP contribution in [-0.2, 0) is 84.5 Å². The van der Waals surface area contributed by atoms with Crippen molar-refractivity contribution in [1.29, 1.82) is 0 Å². The van der Waals surface area contributed by atoms with Gasteiger partial charge >= 0.3 is 30.3 Å². The number of hydrogen-bond acceptors (Lipinski definition) is 22. The second-order valence-corrected chi connectivity index (χ2v) is 33.0. The van der Waals surface area contributed by atoms with E-state index in [1.54, 1.807) is 141 Å². The molecule has 2 aromatic carbocycles. The molecule has 1 aliphatic heterocycles. The lowest BCUT2D eigenvalue weighted by atomic mass is 9.90. The van der Waals surface area contributed by atoms with Crippen molar-refractivity contribution < 1.29 is 106 Å². The van der Waals surface area contributed by atoms with Gasteiger partial charge in [0.15, 0.2) is 11.6 Å². The summed E-state index contributed by atoms with van der Waals surface area (Å²) in [6.07, 6.45) is -12.4. The van der Waals surface area contributed by atoms with Gasteiger partial charge in [-0.1, -0.05) is 55.8 Å². The van der Waals surface area contributed by atoms with Crippen LogP contribution in [0.3, 0.4) is 0 Å². The summed E-state index contributed by atoms with van der Waals surface area (Å²) in [4.78, 5) is 213. The third-order valence-corrected chi connectivity index (χ3v) is 17.0. The van der Waals surface area contributed by atoms with Gasteiger partial charge in [0.2, 0.25) is 41.4 Å². The fourth-order valence-corrected chi connectivity index (χ4v) is 11.5. The maximum atomic E-state index is 15.4. The minimum atomic E-state index is -1.84. The number of ether oxygens (including phenoxy) is 5. The molecule has 2 aromatic rings. The van der Waals surface area contributed by atoms with Crippen LogP contribution in [0.5, 0.6) is 0 Å². The first-order valence-corrected chi connectivity index (χ1v) is 38.2. The molecule has 1 fully saturated rings. The third kappa shape index (κ3) is 38.1. The molecule has 3 rings (SSSR count). The van der Waals surface area contributed by atoms with E-state index in [4.69, 9.17) is 35.3 Å². The molecule has 0 unspecified atom stereocenters. The molecule has 1 aliphatic rings. The summed E-state index contributed by atoms with van der Waals surface area (Å²) >= 11 is 6.48. The van der Waals surface area contributed by atoms with Crippen molar-refractivity contribution in [3.8, 4) is 0 Å². The van der Waals surface area contributed by atoms with E-state index in [-0.39, 0.29) is 67.4 Å². The topological polar surface area (TPSA) is 475 Å². The number of rotatable bonds is 29. The predicted octanol–water partition coefficient (Wildman–Crippen LogP) is 5.31. The molecular formula is C78H120ClN11O22. The second kappa shape index (κ2) is 45.3. The maximum absolute atomic E-state index is 15.4. The van der Waals surface area contributed by atoms with Crippen LogP contribution < -0.4 is 58.5 Å². The average molecular weight is 1600 g/mol. The van der Waals surface area contributed by atoms with Gasteiger partial charge in [0, 0.05) is 81.7 Å². The summed E-state index contributed by atoms with van der Waals surface area (Å²) in [5.41, 5.74) is -3.15. The second-order valence-electron chi connectivity index (χ2n) is 32.6. The molecule has 0 bridgehead atoms. The highest BCUT2D eigenvalue weighted by molar-refractivity contribution is 6.31. The predicted molar refractivity (Wildman–Crippen MR) is 413 cm³/mol. The number of nitrogens with one attached hydrogen (secondary N) is 11. The van der Waals surface area contributed by atoms with Gasteiger partial charge in [-0.25, -0.2) is 24.0 Å². The summed E-state index contributed by atoms with van der Waals surface area (Å²) in [5, 5.41) is 51.1. The zero-order valence-corrected chi connectivity index (χ0v) is 68.6. The number of Topliss-reactive ketones (excluding diaryl/α,β-unsaturated/α-hetero) is 3. The van der Waals surface area contributed by atoms with Crippen LogP contribution in [0.1, 0.15) is 204 Å². The van der Waals surface area contributed by atoms with Crippen molar-refractivity contribution in [3.05, 3.63) is 70.2 Å². The normalized spacial score (nSPS) is 20.1. The Bertz CT molecular complexity index is 3560. The van der Waals surface area contributed by atoms with E-state index in [1.807, 2.05) is 0 Å². The van der Waals surface area contributed by atoms with Gasteiger partial charge in [-0.15, -0.1) is 0 Å². The molecule has 626 valence electrons. The highest BCUT2D eigenvalue weighted by Gasteiger charge is 2.39. The number of carbonyl (C=O) groups excluding carboxylic acids is 15. The summed E-state index contributed by atoms with van der Waals surface area (Å²) in [7, 11) is 0. The van der Waals surface area contributed by atoms with Gasteiger partial charge in [0.05, 0.1) is 41.9 Å². The van der Waals surface area contributed by atoms with Crippen molar-refractivity contribution in [2.75, 3.05) is 32.7 Å². The van der Waals surface area contributed by atoms with Crippen molar-refractivity contribution in [2.45, 2.75) is 272 Å². The number of alkyl carbamates (subject to hydrolysis) is 4. The number of benzene rings is 2. The highest BCUT2D eigenvalue weighted by atomic mass is 35.5. The van der Waals surface area contributed by atoms with Gasteiger partial charge < -0.3 is 92.4 Å². The fourth-order valence-electron chi connectivity index (χ4n) is 11.3. The molecular weight excluding hydrogens is 1480 g/mol. The molecule has 0 aliphatic carbocycles. The molecule has 11 atom stereocenters. The van der Waals surface area contributed by atoms with Crippen LogP contribution in [0.4, 0.5) is 19.2 Å². The smallest absolute Gasteiger partial charge is 0.407 e. The quantitative estimate of drug-likeness (QED) is 0.0362. The van der Waals surface area contributed by atoms with Gasteiger partial charge in [0.25, 0.3) is 0 Å². The lowest BCUT2D eigenvalue weighted by Gasteiger charge is -2.28. The van der Waals surface area contributed by atoms with Gasteiger partial charge in [-0.05, 0) is 185 Å². The van der Waals surface area contributed by atoms with E-state index in [0.29, 0.717) is 5.56 Å². The number of halogens is 1. The van der Waals surface area contributed by atoms with Crippen LogP contribution in [0.25, 0.3) is 0 Å². The highest BCUT2D eigenvalue weighted by Crippen LogP contribution is 2.24. The Labute approximate surface area is 660 Å². The average Bonchev–Trinajstić information content (AvgIpc) is 0.927. The fraction of sp³-hybridized carbons (Fsp3) is 0.654. The van der Waals surface area contributed by atoms with Crippen LogP contribution in [0, 0.1) is 23.7 Å². The van der Waals surface area contributed by atoms with E-state index in [2.05, 4.69) is 58.5 Å². The summed E-state index contributed by atoms with van der Waals surface area (Å²) in [5.74, 6) is -15.2. The minimum absolute atomic E-state index is 0.0802. The maximum Gasteiger partial charge on any atom is 0.407 e. The number of ketones is 3. The first-order chi connectivity index (χ1) is 51.9. The zero-order chi connectivity index (χ0) is 84.8. The lowest BCUT2D eigenvalue weighted by Crippen LogP contribution is -2.59. The number of esters is 1. The van der Waals surface area contributed by atoms with E-state index in [9.17, 15) is 63.0 Å². The van der Waals surface area contributed by atoms with Gasteiger partial charge in [0.1, 0.15) is 52.4 Å². The van der Waals surface area contributed by atoms with E-state index >= 15 is 19.2 Å². The lowest BCUT2D eigenvalue weighted by molar-refractivity contribution is -0.137. The molecule has 13 N–H and O–H groups in total. The molecule has 112 heavy (non-hydrogen) atoms. The summed E-state index contributed by atoms with van der Waals surface area (Å²) in [6.45, 7) is 26.5. The minimum Gasteiger partial charge on any atom is -0.459 e. The number of aliphatic hydroxyl groups excluding tert-OH is 2. The summed E-state index contributed by atoms with van der Waals surface area (Å²) in [6, 6.07) is 2.63. The van der Waals surface area contributed by atoms with E-state index in [1.165, 1.54) is 25.1 Å². The van der Waals surface area contributed by atoms with Crippen LogP contribution >= 0.6 is 11.6 Å². The molecule has 0 spiro atoms. The van der Waals surface area contributed by atoms with Crippen LogP contribution in [-0.4, -0.2) is 209 Å². The Morgan fingerprint density at radius 1 is 0.554 bits per heavy atom. The molecule has 0 saturated carbocycles. The number of carbonyl (C=O) groups is 15. The molecule has 1 heterocycles. The Balaban J connectivity index is 2.37. The molecule has 1 saturated heterocycles. The largest absolute Gasteiger partial charge is 0.459 e. The van der Waals surface area contributed by atoms with Gasteiger partial charge in [-0.3, -0.25) is 47.9 Å². The number of hydrogen-bond donors (Lipinski definition) is 13. The van der Waals surface area contributed by atoms with Crippen molar-refractivity contribution in [2.24, 2.45) is 23.7 Å². The molecule has 0 aromatic heterocycles. The molecule has 33 nitrogen and oxygen atoms in total. The SMILES string of the molecule is CC(C)C[C@@H]1NC(=O)[C@@H](Cc2ccccc2)NC(=O)[C@H](CCNC(=O)OC(C)(C)C)NC(=O)[C@@H](CC(=O)[C@H](CCNC(=O)OC(C)(C)C)NC(=O)[C@@H](CC(=O)Cc2cc(C(=O)OC(C)C)ccc2Cl)[C@H](C)O)CCNC(=O)[C@H]([C@@H](C)O)NC(=O)[C@H](CCNC(=O)OC(C)(C)C)CC(=O)[C@H](CCNC(=O)OC(C)(C)C)NC1=O. The van der Waals surface area contributed by atoms with E-state index < -0.39 is 242 Å².